The Morgan fingerprint density at radius 2 is 2.17 bits per heavy atom. The van der Waals surface area contributed by atoms with Crippen molar-refractivity contribution in [1.29, 1.82) is 0 Å². The molecule has 0 saturated carbocycles. The Bertz CT molecular complexity index is 454. The first-order valence-corrected chi connectivity index (χ1v) is 5.78. The predicted octanol–water partition coefficient (Wildman–Crippen LogP) is 0.950. The van der Waals surface area contributed by atoms with Crippen LogP contribution in [0.15, 0.2) is 30.6 Å². The van der Waals surface area contributed by atoms with E-state index in [1.807, 2.05) is 24.3 Å². The van der Waals surface area contributed by atoms with Gasteiger partial charge in [-0.25, -0.2) is 10.4 Å². The number of aromatic amines is 1. The summed E-state index contributed by atoms with van der Waals surface area (Å²) in [6.45, 7) is 0. The lowest BCUT2D eigenvalue weighted by Crippen LogP contribution is -2.29. The second-order valence-electron chi connectivity index (χ2n) is 3.98. The van der Waals surface area contributed by atoms with Gasteiger partial charge in [-0.3, -0.25) is 10.9 Å². The molecule has 1 aromatic carbocycles. The number of benzene rings is 1. The summed E-state index contributed by atoms with van der Waals surface area (Å²) >= 11 is 0. The molecule has 1 heterocycles. The van der Waals surface area contributed by atoms with E-state index < -0.39 is 0 Å². The van der Waals surface area contributed by atoms with Crippen LogP contribution >= 0.6 is 0 Å². The van der Waals surface area contributed by atoms with Crippen molar-refractivity contribution in [3.05, 3.63) is 42.0 Å². The van der Waals surface area contributed by atoms with E-state index in [-0.39, 0.29) is 6.04 Å². The molecule has 6 heteroatoms. The number of hydrazine groups is 1. The number of nitrogens with two attached hydrogens (primary N) is 1. The first kappa shape index (κ1) is 12.5. The maximum absolute atomic E-state index is 5.52. The van der Waals surface area contributed by atoms with Gasteiger partial charge in [0.15, 0.2) is 0 Å². The predicted molar refractivity (Wildman–Crippen MR) is 67.8 cm³/mol. The van der Waals surface area contributed by atoms with Gasteiger partial charge >= 0.3 is 0 Å². The van der Waals surface area contributed by atoms with E-state index in [1.54, 1.807) is 7.11 Å². The van der Waals surface area contributed by atoms with Crippen molar-refractivity contribution < 1.29 is 4.74 Å². The monoisotopic (exact) mass is 247 g/mol. The Labute approximate surface area is 106 Å². The zero-order valence-electron chi connectivity index (χ0n) is 10.3. The van der Waals surface area contributed by atoms with Crippen molar-refractivity contribution in [3.8, 4) is 5.75 Å². The fourth-order valence-electron chi connectivity index (χ4n) is 1.79. The van der Waals surface area contributed by atoms with Crippen LogP contribution in [0.1, 0.15) is 23.9 Å². The lowest BCUT2D eigenvalue weighted by atomic mass is 10.1. The number of hydrogen-bond donors (Lipinski definition) is 3. The van der Waals surface area contributed by atoms with E-state index in [0.29, 0.717) is 0 Å². The van der Waals surface area contributed by atoms with E-state index in [0.717, 1.165) is 24.4 Å². The van der Waals surface area contributed by atoms with E-state index in [9.17, 15) is 0 Å². The lowest BCUT2D eigenvalue weighted by molar-refractivity contribution is 0.414. The number of H-pyrrole nitrogens is 1. The van der Waals surface area contributed by atoms with Crippen LogP contribution in [-0.4, -0.2) is 22.3 Å². The van der Waals surface area contributed by atoms with E-state index in [2.05, 4.69) is 20.6 Å². The third-order valence-corrected chi connectivity index (χ3v) is 2.85. The van der Waals surface area contributed by atoms with Crippen LogP contribution in [0.4, 0.5) is 0 Å². The van der Waals surface area contributed by atoms with E-state index in [1.165, 1.54) is 11.9 Å². The summed E-state index contributed by atoms with van der Waals surface area (Å²) < 4.78 is 5.12. The minimum atomic E-state index is -0.0189. The number of aromatic nitrogens is 3. The minimum Gasteiger partial charge on any atom is -0.497 e. The first-order valence-electron chi connectivity index (χ1n) is 5.78. The topological polar surface area (TPSA) is 88.8 Å². The number of methoxy groups -OCH3 is 1. The smallest absolute Gasteiger partial charge is 0.142 e. The van der Waals surface area contributed by atoms with Crippen LogP contribution in [0.3, 0.4) is 0 Å². The van der Waals surface area contributed by atoms with Gasteiger partial charge in [-0.1, -0.05) is 12.1 Å². The lowest BCUT2D eigenvalue weighted by Gasteiger charge is -2.12. The van der Waals surface area contributed by atoms with Crippen molar-refractivity contribution in [1.82, 2.24) is 20.6 Å². The molecule has 1 aromatic heterocycles. The van der Waals surface area contributed by atoms with Crippen molar-refractivity contribution in [2.45, 2.75) is 18.9 Å². The van der Waals surface area contributed by atoms with Crippen molar-refractivity contribution >= 4 is 0 Å². The highest BCUT2D eigenvalue weighted by Gasteiger charge is 2.12. The average molecular weight is 247 g/mol. The highest BCUT2D eigenvalue weighted by molar-refractivity contribution is 5.27. The molecule has 6 nitrogen and oxygen atoms in total. The first-order chi connectivity index (χ1) is 8.83. The number of hydrogen-bond acceptors (Lipinski definition) is 5. The molecule has 4 N–H and O–H groups in total. The molecule has 0 saturated heterocycles. The van der Waals surface area contributed by atoms with Gasteiger partial charge in [-0.2, -0.15) is 5.10 Å². The van der Waals surface area contributed by atoms with Gasteiger partial charge in [0, 0.05) is 0 Å². The molecule has 96 valence electrons. The molecule has 0 aliphatic rings. The molecule has 2 aromatic rings. The molecule has 0 spiro atoms. The maximum atomic E-state index is 5.52. The van der Waals surface area contributed by atoms with E-state index in [4.69, 9.17) is 10.6 Å². The third-order valence-electron chi connectivity index (χ3n) is 2.85. The van der Waals surface area contributed by atoms with Crippen LogP contribution < -0.4 is 16.0 Å². The van der Waals surface area contributed by atoms with Gasteiger partial charge in [0.05, 0.1) is 13.2 Å². The normalized spacial score (nSPS) is 12.3. The van der Waals surface area contributed by atoms with Gasteiger partial charge in [-0.15, -0.1) is 0 Å². The number of ether oxygens (including phenoxy) is 1. The summed E-state index contributed by atoms with van der Waals surface area (Å²) in [6, 6.07) is 7.98. The van der Waals surface area contributed by atoms with Crippen molar-refractivity contribution in [3.63, 3.8) is 0 Å². The van der Waals surface area contributed by atoms with Gasteiger partial charge < -0.3 is 4.74 Å². The minimum absolute atomic E-state index is 0.0189. The summed E-state index contributed by atoms with van der Waals surface area (Å²) in [5, 5.41) is 6.64. The second-order valence-corrected chi connectivity index (χ2v) is 3.98. The molecular weight excluding hydrogens is 230 g/mol. The molecule has 0 aliphatic heterocycles. The number of rotatable bonds is 6. The fraction of sp³-hybridized carbons (Fsp3) is 0.333. The Morgan fingerprint density at radius 1 is 1.39 bits per heavy atom. The molecular formula is C12H17N5O. The van der Waals surface area contributed by atoms with Crippen molar-refractivity contribution in [2.24, 2.45) is 5.84 Å². The Morgan fingerprint density at radius 3 is 2.72 bits per heavy atom. The highest BCUT2D eigenvalue weighted by atomic mass is 16.5. The zero-order valence-corrected chi connectivity index (χ0v) is 10.3. The molecule has 0 aliphatic carbocycles. The molecule has 2 rings (SSSR count). The third kappa shape index (κ3) is 3.06. The maximum Gasteiger partial charge on any atom is 0.142 e. The standard InChI is InChI=1S/C12H17N5O/c1-18-10-5-2-9(3-6-10)4-7-11(16-13)12-14-8-15-17-12/h2-3,5-6,8,11,16H,4,7,13H2,1H3,(H,14,15,17). The molecule has 0 amide bonds. The van der Waals surface area contributed by atoms with Crippen LogP contribution in [0.2, 0.25) is 0 Å². The molecule has 0 radical (unpaired) electrons. The second kappa shape index (κ2) is 6.13. The molecule has 1 unspecified atom stereocenters. The van der Waals surface area contributed by atoms with Crippen LogP contribution in [-0.2, 0) is 6.42 Å². The Hall–Kier alpha value is -1.92. The van der Waals surface area contributed by atoms with Gasteiger partial charge in [0.2, 0.25) is 0 Å². The molecule has 18 heavy (non-hydrogen) atoms. The number of aryl methyl sites for hydroxylation is 1. The summed E-state index contributed by atoms with van der Waals surface area (Å²) in [6.07, 6.45) is 3.23. The summed E-state index contributed by atoms with van der Waals surface area (Å²) in [5.41, 5.74) is 3.97. The van der Waals surface area contributed by atoms with Gasteiger partial charge in [0.25, 0.3) is 0 Å². The summed E-state index contributed by atoms with van der Waals surface area (Å²) in [7, 11) is 1.66. The Balaban J connectivity index is 1.93. The Kier molecular flexibility index (Phi) is 4.27. The summed E-state index contributed by atoms with van der Waals surface area (Å²) in [4.78, 5) is 4.10. The summed E-state index contributed by atoms with van der Waals surface area (Å²) in [5.74, 6) is 7.13. The van der Waals surface area contributed by atoms with Gasteiger partial charge in [-0.05, 0) is 30.5 Å². The number of nitrogens with zero attached hydrogens (tertiary/aromatic N) is 2. The SMILES string of the molecule is COc1ccc(CCC(NN)c2ncn[nH]2)cc1. The van der Waals surface area contributed by atoms with Crippen molar-refractivity contribution in [2.75, 3.05) is 7.11 Å². The van der Waals surface area contributed by atoms with Crippen LogP contribution in [0.5, 0.6) is 5.75 Å². The highest BCUT2D eigenvalue weighted by Crippen LogP contribution is 2.17. The zero-order chi connectivity index (χ0) is 12.8. The quantitative estimate of drug-likeness (QED) is 0.522. The van der Waals surface area contributed by atoms with Crippen LogP contribution in [0, 0.1) is 0 Å². The van der Waals surface area contributed by atoms with E-state index >= 15 is 0 Å². The largest absolute Gasteiger partial charge is 0.497 e. The fourth-order valence-corrected chi connectivity index (χ4v) is 1.79. The van der Waals surface area contributed by atoms with Gasteiger partial charge in [0.1, 0.15) is 17.9 Å². The molecule has 0 bridgehead atoms. The van der Waals surface area contributed by atoms with Crippen LogP contribution in [0.25, 0.3) is 0 Å². The average Bonchev–Trinajstić information content (AvgIpc) is 2.94. The molecule has 1 atom stereocenters. The molecule has 0 fully saturated rings. The number of nitrogens with one attached hydrogen (secondary N) is 2.